The van der Waals surface area contributed by atoms with Crippen molar-refractivity contribution in [2.75, 3.05) is 13.7 Å². The van der Waals surface area contributed by atoms with Crippen molar-refractivity contribution >= 4 is 25.6 Å². The first-order valence-corrected chi connectivity index (χ1v) is 9.05. The van der Waals surface area contributed by atoms with Crippen LogP contribution in [0.5, 0.6) is 5.75 Å². The molecule has 0 bridgehead atoms. The van der Waals surface area contributed by atoms with Crippen molar-refractivity contribution in [1.29, 1.82) is 0 Å². The van der Waals surface area contributed by atoms with Gasteiger partial charge in [0.05, 0.1) is 7.11 Å². The fraction of sp³-hybridized carbons (Fsp3) is 0.500. The molecule has 7 heteroatoms. The summed E-state index contributed by atoms with van der Waals surface area (Å²) in [4.78, 5) is 11.9. The maximum Gasteiger partial charge on any atom is 0.265 e. The largest absolute Gasteiger partial charge is 0.495 e. The first-order valence-electron chi connectivity index (χ1n) is 6.74. The third-order valence-electron chi connectivity index (χ3n) is 3.39. The molecule has 0 fully saturated rings. The molecule has 0 radical (unpaired) electrons. The van der Waals surface area contributed by atoms with Crippen molar-refractivity contribution in [3.63, 3.8) is 0 Å². The number of carbonyl (C=O) groups is 1. The van der Waals surface area contributed by atoms with Crippen LogP contribution < -0.4 is 10.1 Å². The van der Waals surface area contributed by atoms with Crippen LogP contribution in [0.1, 0.15) is 37.0 Å². The Bertz CT molecular complexity index is 597. The molecule has 1 rings (SSSR count). The highest BCUT2D eigenvalue weighted by Gasteiger charge is 2.19. The maximum absolute atomic E-state index is 12.1. The second-order valence-electron chi connectivity index (χ2n) is 4.70. The monoisotopic (exact) mass is 333 g/mol. The van der Waals surface area contributed by atoms with Crippen LogP contribution in [0.3, 0.4) is 0 Å². The molecule has 0 saturated heterocycles. The van der Waals surface area contributed by atoms with E-state index >= 15 is 0 Å². The van der Waals surface area contributed by atoms with Gasteiger partial charge in [0.25, 0.3) is 15.0 Å². The van der Waals surface area contributed by atoms with E-state index in [9.17, 15) is 13.2 Å². The molecule has 0 aliphatic carbocycles. The van der Waals surface area contributed by atoms with Gasteiger partial charge in [-0.25, -0.2) is 8.42 Å². The van der Waals surface area contributed by atoms with E-state index in [1.165, 1.54) is 25.3 Å². The Kier molecular flexibility index (Phi) is 6.48. The molecule has 0 unspecified atom stereocenters. The van der Waals surface area contributed by atoms with Crippen LogP contribution in [0.15, 0.2) is 23.1 Å². The maximum atomic E-state index is 12.1. The van der Waals surface area contributed by atoms with Gasteiger partial charge in [0.1, 0.15) is 10.6 Å². The van der Waals surface area contributed by atoms with E-state index in [-0.39, 0.29) is 22.1 Å². The molecule has 1 aromatic rings. The van der Waals surface area contributed by atoms with Crippen LogP contribution in [0.25, 0.3) is 0 Å². The van der Waals surface area contributed by atoms with E-state index in [4.69, 9.17) is 15.4 Å². The van der Waals surface area contributed by atoms with E-state index in [0.29, 0.717) is 12.5 Å². The Morgan fingerprint density at radius 3 is 2.43 bits per heavy atom. The van der Waals surface area contributed by atoms with Gasteiger partial charge in [-0.3, -0.25) is 4.79 Å². The average Bonchev–Trinajstić information content (AvgIpc) is 2.46. The van der Waals surface area contributed by atoms with Crippen LogP contribution in [0.2, 0.25) is 0 Å². The molecular formula is C14H20ClNO4S. The number of rotatable bonds is 7. The van der Waals surface area contributed by atoms with Gasteiger partial charge in [0.15, 0.2) is 0 Å². The highest BCUT2D eigenvalue weighted by Crippen LogP contribution is 2.27. The molecule has 0 heterocycles. The molecule has 21 heavy (non-hydrogen) atoms. The van der Waals surface area contributed by atoms with Crippen molar-refractivity contribution < 1.29 is 17.9 Å². The predicted octanol–water partition coefficient (Wildman–Crippen LogP) is 2.79. The average molecular weight is 334 g/mol. The summed E-state index contributed by atoms with van der Waals surface area (Å²) in [6.07, 6.45) is 1.95. The molecule has 0 aliphatic heterocycles. The van der Waals surface area contributed by atoms with Gasteiger partial charge in [-0.05, 0) is 24.1 Å². The van der Waals surface area contributed by atoms with Crippen molar-refractivity contribution in [2.45, 2.75) is 31.6 Å². The predicted molar refractivity (Wildman–Crippen MR) is 82.4 cm³/mol. The van der Waals surface area contributed by atoms with Gasteiger partial charge in [0.2, 0.25) is 0 Å². The summed E-state index contributed by atoms with van der Waals surface area (Å²) in [5, 5.41) is 2.80. The lowest BCUT2D eigenvalue weighted by Crippen LogP contribution is -2.29. The van der Waals surface area contributed by atoms with Gasteiger partial charge in [0, 0.05) is 22.8 Å². The Morgan fingerprint density at radius 1 is 1.33 bits per heavy atom. The number of hydrogen-bond acceptors (Lipinski definition) is 4. The SMILES string of the molecule is CCC(CC)CNC(=O)c1ccc(OC)c(S(=O)(=O)Cl)c1. The molecular weight excluding hydrogens is 314 g/mol. The zero-order chi connectivity index (χ0) is 16.0. The number of carbonyl (C=O) groups excluding carboxylic acids is 1. The van der Waals surface area contributed by atoms with E-state index in [1.54, 1.807) is 0 Å². The van der Waals surface area contributed by atoms with E-state index in [2.05, 4.69) is 19.2 Å². The third kappa shape index (κ3) is 4.89. The summed E-state index contributed by atoms with van der Waals surface area (Å²) in [7, 11) is 2.72. The highest BCUT2D eigenvalue weighted by atomic mass is 35.7. The summed E-state index contributed by atoms with van der Waals surface area (Å²) in [6, 6.07) is 4.15. The number of methoxy groups -OCH3 is 1. The van der Waals surface area contributed by atoms with Gasteiger partial charge in [-0.15, -0.1) is 0 Å². The molecule has 118 valence electrons. The van der Waals surface area contributed by atoms with Gasteiger partial charge in [-0.2, -0.15) is 0 Å². The molecule has 0 aromatic heterocycles. The first kappa shape index (κ1) is 17.8. The van der Waals surface area contributed by atoms with Gasteiger partial charge >= 0.3 is 0 Å². The number of nitrogens with one attached hydrogen (secondary N) is 1. The van der Waals surface area contributed by atoms with E-state index < -0.39 is 9.05 Å². The summed E-state index contributed by atoms with van der Waals surface area (Å²) < 4.78 is 27.9. The molecule has 5 nitrogen and oxygen atoms in total. The van der Waals surface area contributed by atoms with Gasteiger partial charge < -0.3 is 10.1 Å². The summed E-state index contributed by atoms with van der Waals surface area (Å²) >= 11 is 0. The van der Waals surface area contributed by atoms with Crippen LogP contribution in [-0.4, -0.2) is 28.0 Å². The fourth-order valence-corrected chi connectivity index (χ4v) is 2.95. The van der Waals surface area contributed by atoms with Crippen molar-refractivity contribution in [1.82, 2.24) is 5.32 Å². The molecule has 1 aromatic carbocycles. The molecule has 1 N–H and O–H groups in total. The fourth-order valence-electron chi connectivity index (χ4n) is 1.92. The zero-order valence-corrected chi connectivity index (χ0v) is 13.9. The molecule has 1 amide bonds. The van der Waals surface area contributed by atoms with Crippen LogP contribution in [0.4, 0.5) is 0 Å². The second kappa shape index (κ2) is 7.66. The van der Waals surface area contributed by atoms with Crippen LogP contribution in [0, 0.1) is 5.92 Å². The first-order chi connectivity index (χ1) is 9.83. The lowest BCUT2D eigenvalue weighted by atomic mass is 10.0. The van der Waals surface area contributed by atoms with Crippen molar-refractivity contribution in [3.05, 3.63) is 23.8 Å². The smallest absolute Gasteiger partial charge is 0.265 e. The quantitative estimate of drug-likeness (QED) is 0.779. The van der Waals surface area contributed by atoms with Crippen LogP contribution >= 0.6 is 10.7 Å². The minimum atomic E-state index is -3.97. The molecule has 0 saturated carbocycles. The minimum absolute atomic E-state index is 0.113. The number of benzene rings is 1. The normalized spacial score (nSPS) is 11.5. The Labute approximate surface area is 130 Å². The van der Waals surface area contributed by atoms with E-state index in [1.807, 2.05) is 0 Å². The highest BCUT2D eigenvalue weighted by molar-refractivity contribution is 8.13. The lowest BCUT2D eigenvalue weighted by Gasteiger charge is -2.14. The number of halogens is 1. The summed E-state index contributed by atoms with van der Waals surface area (Å²) in [5.74, 6) is 0.191. The van der Waals surface area contributed by atoms with Gasteiger partial charge in [-0.1, -0.05) is 26.7 Å². The molecule has 0 aliphatic rings. The Balaban J connectivity index is 2.96. The Hall–Kier alpha value is -1.27. The standard InChI is InChI=1S/C14H20ClNO4S/c1-4-10(5-2)9-16-14(17)11-6-7-12(20-3)13(8-11)21(15,18)19/h6-8,10H,4-5,9H2,1-3H3,(H,16,17). The molecule has 0 spiro atoms. The molecule has 0 atom stereocenters. The van der Waals surface area contributed by atoms with Crippen LogP contribution in [-0.2, 0) is 9.05 Å². The summed E-state index contributed by atoms with van der Waals surface area (Å²) in [6.45, 7) is 4.68. The second-order valence-corrected chi connectivity index (χ2v) is 7.23. The lowest BCUT2D eigenvalue weighted by molar-refractivity contribution is 0.0946. The van der Waals surface area contributed by atoms with Crippen molar-refractivity contribution in [2.24, 2.45) is 5.92 Å². The summed E-state index contributed by atoms with van der Waals surface area (Å²) in [5.41, 5.74) is 0.237. The third-order valence-corrected chi connectivity index (χ3v) is 4.74. The number of amides is 1. The van der Waals surface area contributed by atoms with E-state index in [0.717, 1.165) is 12.8 Å². The zero-order valence-electron chi connectivity index (χ0n) is 12.3. The van der Waals surface area contributed by atoms with Crippen molar-refractivity contribution in [3.8, 4) is 5.75 Å². The number of ether oxygens (including phenoxy) is 1. The number of hydrogen-bond donors (Lipinski definition) is 1. The Morgan fingerprint density at radius 2 is 1.95 bits per heavy atom. The minimum Gasteiger partial charge on any atom is -0.495 e. The topological polar surface area (TPSA) is 72.5 Å².